The molecule has 0 aliphatic heterocycles. The summed E-state index contributed by atoms with van der Waals surface area (Å²) in [4.78, 5) is 0. The van der Waals surface area contributed by atoms with Gasteiger partial charge in [-0.15, -0.1) is 0 Å². The number of halogens is 1. The molecule has 0 aromatic heterocycles. The van der Waals surface area contributed by atoms with Crippen molar-refractivity contribution in [3.63, 3.8) is 0 Å². The Morgan fingerprint density at radius 2 is 2.00 bits per heavy atom. The van der Waals surface area contributed by atoms with Crippen molar-refractivity contribution in [1.29, 1.82) is 0 Å². The molecule has 0 unspecified atom stereocenters. The SMILES string of the molecule is C[C@@H](N)c1ccc(F)cc1OCCC(C)(C)C. The van der Waals surface area contributed by atoms with Crippen molar-refractivity contribution in [3.05, 3.63) is 29.6 Å². The number of rotatable bonds is 4. The molecule has 0 radical (unpaired) electrons. The highest BCUT2D eigenvalue weighted by Crippen LogP contribution is 2.26. The van der Waals surface area contributed by atoms with Gasteiger partial charge in [0.05, 0.1) is 6.61 Å². The molecule has 1 aromatic carbocycles. The number of hydrogen-bond donors (Lipinski definition) is 1. The second kappa shape index (κ2) is 5.50. The summed E-state index contributed by atoms with van der Waals surface area (Å²) >= 11 is 0. The third-order valence-corrected chi connectivity index (χ3v) is 2.58. The van der Waals surface area contributed by atoms with Crippen LogP contribution in [0.3, 0.4) is 0 Å². The van der Waals surface area contributed by atoms with Crippen LogP contribution in [0.15, 0.2) is 18.2 Å². The van der Waals surface area contributed by atoms with E-state index in [4.69, 9.17) is 10.5 Å². The third kappa shape index (κ3) is 4.73. The largest absolute Gasteiger partial charge is 0.493 e. The van der Waals surface area contributed by atoms with Crippen LogP contribution in [0.2, 0.25) is 0 Å². The molecule has 0 spiro atoms. The topological polar surface area (TPSA) is 35.2 Å². The van der Waals surface area contributed by atoms with Gasteiger partial charge in [-0.05, 0) is 24.8 Å². The van der Waals surface area contributed by atoms with E-state index in [1.54, 1.807) is 6.07 Å². The van der Waals surface area contributed by atoms with Crippen molar-refractivity contribution in [1.82, 2.24) is 0 Å². The summed E-state index contributed by atoms with van der Waals surface area (Å²) < 4.78 is 18.8. The lowest BCUT2D eigenvalue weighted by Crippen LogP contribution is -2.13. The Morgan fingerprint density at radius 3 is 2.53 bits per heavy atom. The number of ether oxygens (including phenoxy) is 1. The fourth-order valence-corrected chi connectivity index (χ4v) is 1.48. The average molecular weight is 239 g/mol. The average Bonchev–Trinajstić information content (AvgIpc) is 2.15. The van der Waals surface area contributed by atoms with Gasteiger partial charge in [-0.1, -0.05) is 26.8 Å². The smallest absolute Gasteiger partial charge is 0.126 e. The Kier molecular flexibility index (Phi) is 4.52. The van der Waals surface area contributed by atoms with Gasteiger partial charge in [-0.2, -0.15) is 0 Å². The maximum atomic E-state index is 13.2. The lowest BCUT2D eigenvalue weighted by atomic mass is 9.93. The highest BCUT2D eigenvalue weighted by atomic mass is 19.1. The van der Waals surface area contributed by atoms with Crippen LogP contribution in [0.25, 0.3) is 0 Å². The van der Waals surface area contributed by atoms with Gasteiger partial charge in [0.2, 0.25) is 0 Å². The molecule has 0 fully saturated rings. The van der Waals surface area contributed by atoms with Crippen LogP contribution in [0.5, 0.6) is 5.75 Å². The van der Waals surface area contributed by atoms with Crippen LogP contribution in [0.4, 0.5) is 4.39 Å². The predicted octanol–water partition coefficient (Wildman–Crippen LogP) is 3.66. The Morgan fingerprint density at radius 1 is 1.35 bits per heavy atom. The molecule has 1 rings (SSSR count). The van der Waals surface area contributed by atoms with Gasteiger partial charge in [0.15, 0.2) is 0 Å². The fraction of sp³-hybridized carbons (Fsp3) is 0.571. The van der Waals surface area contributed by atoms with E-state index in [-0.39, 0.29) is 17.3 Å². The highest BCUT2D eigenvalue weighted by Gasteiger charge is 2.13. The van der Waals surface area contributed by atoms with E-state index < -0.39 is 0 Å². The maximum absolute atomic E-state index is 13.2. The first kappa shape index (κ1) is 14.0. The minimum atomic E-state index is -0.292. The molecule has 3 heteroatoms. The first-order valence-electron chi connectivity index (χ1n) is 5.97. The standard InChI is InChI=1S/C14H22FNO/c1-10(16)12-6-5-11(15)9-13(12)17-8-7-14(2,3)4/h5-6,9-10H,7-8,16H2,1-4H3/t10-/m1/s1. The van der Waals surface area contributed by atoms with Crippen molar-refractivity contribution in [2.75, 3.05) is 6.61 Å². The highest BCUT2D eigenvalue weighted by molar-refractivity contribution is 5.36. The summed E-state index contributed by atoms with van der Waals surface area (Å²) in [5, 5.41) is 0. The molecule has 0 aliphatic rings. The minimum absolute atomic E-state index is 0.153. The molecule has 17 heavy (non-hydrogen) atoms. The summed E-state index contributed by atoms with van der Waals surface area (Å²) in [7, 11) is 0. The molecule has 1 atom stereocenters. The van der Waals surface area contributed by atoms with Crippen LogP contribution in [0.1, 0.15) is 45.7 Å². The molecule has 2 nitrogen and oxygen atoms in total. The Labute approximate surface area is 103 Å². The summed E-state index contributed by atoms with van der Waals surface area (Å²) in [6, 6.07) is 4.35. The van der Waals surface area contributed by atoms with Crippen molar-refractivity contribution >= 4 is 0 Å². The quantitative estimate of drug-likeness (QED) is 0.870. The zero-order valence-corrected chi connectivity index (χ0v) is 11.1. The molecular formula is C14H22FNO. The molecule has 2 N–H and O–H groups in total. The minimum Gasteiger partial charge on any atom is -0.493 e. The molecule has 0 saturated heterocycles. The van der Waals surface area contributed by atoms with Gasteiger partial charge in [-0.3, -0.25) is 0 Å². The summed E-state index contributed by atoms with van der Waals surface area (Å²) in [6.07, 6.45) is 0.919. The van der Waals surface area contributed by atoms with E-state index in [0.717, 1.165) is 12.0 Å². The summed E-state index contributed by atoms with van der Waals surface area (Å²) in [6.45, 7) is 8.88. The molecule has 0 bridgehead atoms. The van der Waals surface area contributed by atoms with E-state index >= 15 is 0 Å². The second-order valence-electron chi connectivity index (χ2n) is 5.63. The van der Waals surface area contributed by atoms with Gasteiger partial charge in [0, 0.05) is 17.7 Å². The molecule has 0 saturated carbocycles. The molecule has 96 valence electrons. The lowest BCUT2D eigenvalue weighted by Gasteiger charge is -2.19. The van der Waals surface area contributed by atoms with Crippen LogP contribution < -0.4 is 10.5 Å². The van der Waals surface area contributed by atoms with E-state index in [1.807, 2.05) is 6.92 Å². The van der Waals surface area contributed by atoms with E-state index in [9.17, 15) is 4.39 Å². The van der Waals surface area contributed by atoms with Crippen molar-refractivity contribution in [2.24, 2.45) is 11.1 Å². The van der Waals surface area contributed by atoms with Crippen LogP contribution >= 0.6 is 0 Å². The maximum Gasteiger partial charge on any atom is 0.126 e. The van der Waals surface area contributed by atoms with Crippen molar-refractivity contribution in [2.45, 2.75) is 40.2 Å². The second-order valence-corrected chi connectivity index (χ2v) is 5.63. The Bertz CT molecular complexity index is 369. The summed E-state index contributed by atoms with van der Waals surface area (Å²) in [5.74, 6) is 0.268. The number of hydrogen-bond acceptors (Lipinski definition) is 2. The number of benzene rings is 1. The number of nitrogens with two attached hydrogens (primary N) is 1. The Balaban J connectivity index is 2.72. The molecule has 0 aliphatic carbocycles. The zero-order valence-electron chi connectivity index (χ0n) is 11.1. The first-order chi connectivity index (χ1) is 7.79. The van der Waals surface area contributed by atoms with Gasteiger partial charge in [-0.25, -0.2) is 4.39 Å². The monoisotopic (exact) mass is 239 g/mol. The van der Waals surface area contributed by atoms with Crippen LogP contribution in [-0.2, 0) is 0 Å². The molecular weight excluding hydrogens is 217 g/mol. The van der Waals surface area contributed by atoms with E-state index in [0.29, 0.717) is 12.4 Å². The van der Waals surface area contributed by atoms with Gasteiger partial charge in [0.1, 0.15) is 11.6 Å². The van der Waals surface area contributed by atoms with Crippen molar-refractivity contribution in [3.8, 4) is 5.75 Å². The lowest BCUT2D eigenvalue weighted by molar-refractivity contribution is 0.240. The van der Waals surface area contributed by atoms with Crippen LogP contribution in [-0.4, -0.2) is 6.61 Å². The first-order valence-corrected chi connectivity index (χ1v) is 5.97. The van der Waals surface area contributed by atoms with Gasteiger partial charge < -0.3 is 10.5 Å². The van der Waals surface area contributed by atoms with E-state index in [2.05, 4.69) is 20.8 Å². The fourth-order valence-electron chi connectivity index (χ4n) is 1.48. The Hall–Kier alpha value is -1.09. The third-order valence-electron chi connectivity index (χ3n) is 2.58. The normalized spacial score (nSPS) is 13.5. The zero-order chi connectivity index (χ0) is 13.1. The molecule has 1 aromatic rings. The van der Waals surface area contributed by atoms with E-state index in [1.165, 1.54) is 12.1 Å². The summed E-state index contributed by atoms with van der Waals surface area (Å²) in [5.41, 5.74) is 6.88. The molecule has 0 amide bonds. The molecule has 0 heterocycles. The predicted molar refractivity (Wildman–Crippen MR) is 68.6 cm³/mol. The van der Waals surface area contributed by atoms with Crippen LogP contribution in [0, 0.1) is 11.2 Å². The van der Waals surface area contributed by atoms with Gasteiger partial charge in [0.25, 0.3) is 0 Å². The van der Waals surface area contributed by atoms with Crippen molar-refractivity contribution < 1.29 is 9.13 Å². The van der Waals surface area contributed by atoms with Gasteiger partial charge >= 0.3 is 0 Å².